The molecule has 0 spiro atoms. The van der Waals surface area contributed by atoms with E-state index in [0.29, 0.717) is 6.42 Å². The van der Waals surface area contributed by atoms with Gasteiger partial charge in [0.2, 0.25) is 0 Å². The van der Waals surface area contributed by atoms with Crippen molar-refractivity contribution in [2.45, 2.75) is 110 Å². The van der Waals surface area contributed by atoms with Crippen molar-refractivity contribution in [3.8, 4) is 0 Å². The minimum Gasteiger partial charge on any atom is -0.481 e. The van der Waals surface area contributed by atoms with Crippen molar-refractivity contribution in [2.75, 3.05) is 13.1 Å². The lowest BCUT2D eigenvalue weighted by molar-refractivity contribution is -0.137. The van der Waals surface area contributed by atoms with Gasteiger partial charge in [0, 0.05) is 13.0 Å². The Hall–Kier alpha value is -1.36. The highest BCUT2D eigenvalue weighted by molar-refractivity contribution is 5.66. The number of aliphatic hydroxyl groups is 1. The van der Waals surface area contributed by atoms with Crippen LogP contribution in [0, 0.1) is 0 Å². The van der Waals surface area contributed by atoms with E-state index < -0.39 is 5.97 Å². The van der Waals surface area contributed by atoms with Crippen LogP contribution in [0.2, 0.25) is 0 Å². The number of aliphatic imine (C=N–C) groups is 1. The van der Waals surface area contributed by atoms with Gasteiger partial charge in [0.1, 0.15) is 6.23 Å². The van der Waals surface area contributed by atoms with E-state index in [4.69, 9.17) is 10.2 Å². The summed E-state index contributed by atoms with van der Waals surface area (Å²) in [5.74, 6) is -0.664. The maximum absolute atomic E-state index is 10.3. The van der Waals surface area contributed by atoms with Crippen LogP contribution in [0.3, 0.4) is 0 Å². The fraction of sp³-hybridized carbons (Fsp3) is 0.826. The average molecular weight is 397 g/mol. The number of carboxylic acids is 1. The minimum atomic E-state index is -0.664. The van der Waals surface area contributed by atoms with E-state index in [1.807, 2.05) is 0 Å². The quantitative estimate of drug-likeness (QED) is 0.256. The standard InChI is InChI=1S/C18H34O2.C5H10N2O/c1-2-3-4-5-6-7-8-9-10-11-12-13-14-15-16-17-18(19)20;1-5(8)7-3-2-6-4-7/h9-10H,2-8,11-17H2,1H3,(H,19,20);4-5,8H,2-3H2,1H3/b10-9-;. The summed E-state index contributed by atoms with van der Waals surface area (Å²) in [5.41, 5.74) is 0. The smallest absolute Gasteiger partial charge is 0.303 e. The minimum absolute atomic E-state index is 0.332. The van der Waals surface area contributed by atoms with E-state index in [1.165, 1.54) is 70.6 Å². The highest BCUT2D eigenvalue weighted by Gasteiger charge is 2.08. The molecule has 0 aromatic rings. The summed E-state index contributed by atoms with van der Waals surface area (Å²) < 4.78 is 0. The molecular formula is C23H44N2O3. The first-order valence-corrected chi connectivity index (χ1v) is 11.4. The first-order valence-electron chi connectivity index (χ1n) is 11.4. The number of allylic oxidation sites excluding steroid dienone is 2. The molecule has 2 N–H and O–H groups in total. The van der Waals surface area contributed by atoms with Crippen LogP contribution in [0.5, 0.6) is 0 Å². The van der Waals surface area contributed by atoms with Gasteiger partial charge in [-0.25, -0.2) is 0 Å². The summed E-state index contributed by atoms with van der Waals surface area (Å²) in [6, 6.07) is 0. The van der Waals surface area contributed by atoms with Gasteiger partial charge in [0.05, 0.1) is 12.9 Å². The van der Waals surface area contributed by atoms with Crippen LogP contribution < -0.4 is 0 Å². The summed E-state index contributed by atoms with van der Waals surface area (Å²) >= 11 is 0. The third-order valence-electron chi connectivity index (χ3n) is 4.85. The molecule has 0 aromatic heterocycles. The predicted molar refractivity (Wildman–Crippen MR) is 119 cm³/mol. The van der Waals surface area contributed by atoms with Gasteiger partial charge in [0.15, 0.2) is 0 Å². The van der Waals surface area contributed by atoms with Gasteiger partial charge in [0.25, 0.3) is 0 Å². The Labute approximate surface area is 172 Å². The number of aliphatic hydroxyl groups excluding tert-OH is 1. The first kappa shape index (κ1) is 26.6. The van der Waals surface area contributed by atoms with Gasteiger partial charge in [-0.1, -0.05) is 70.4 Å². The zero-order valence-electron chi connectivity index (χ0n) is 18.3. The van der Waals surface area contributed by atoms with Crippen molar-refractivity contribution in [3.05, 3.63) is 12.2 Å². The number of unbranched alkanes of at least 4 members (excludes halogenated alkanes) is 11. The lowest BCUT2D eigenvalue weighted by Crippen LogP contribution is -2.29. The van der Waals surface area contributed by atoms with Crippen LogP contribution in [0.15, 0.2) is 17.1 Å². The third-order valence-corrected chi connectivity index (χ3v) is 4.85. The summed E-state index contributed by atoms with van der Waals surface area (Å²) in [6.45, 7) is 5.68. The molecule has 5 heteroatoms. The molecule has 1 heterocycles. The summed E-state index contributed by atoms with van der Waals surface area (Å²) in [4.78, 5) is 16.0. The molecule has 0 radical (unpaired) electrons. The molecule has 164 valence electrons. The second kappa shape index (κ2) is 20.4. The molecule has 0 aromatic carbocycles. The lowest BCUT2D eigenvalue weighted by atomic mass is 10.1. The highest BCUT2D eigenvalue weighted by atomic mass is 16.4. The van der Waals surface area contributed by atoms with Crippen LogP contribution >= 0.6 is 0 Å². The van der Waals surface area contributed by atoms with Crippen molar-refractivity contribution < 1.29 is 15.0 Å². The first-order chi connectivity index (χ1) is 13.6. The van der Waals surface area contributed by atoms with Crippen molar-refractivity contribution in [2.24, 2.45) is 4.99 Å². The molecule has 0 amide bonds. The Balaban J connectivity index is 0.000000749. The molecule has 1 unspecified atom stereocenters. The van der Waals surface area contributed by atoms with Crippen molar-refractivity contribution in [3.63, 3.8) is 0 Å². The number of carbonyl (C=O) groups is 1. The predicted octanol–water partition coefficient (Wildman–Crippen LogP) is 5.78. The number of nitrogens with zero attached hydrogens (tertiary/aromatic N) is 2. The molecular weight excluding hydrogens is 352 g/mol. The van der Waals surface area contributed by atoms with Crippen LogP contribution in [0.1, 0.15) is 104 Å². The molecule has 0 saturated carbocycles. The Morgan fingerprint density at radius 2 is 1.54 bits per heavy atom. The van der Waals surface area contributed by atoms with Gasteiger partial charge in [-0.2, -0.15) is 0 Å². The zero-order chi connectivity index (χ0) is 20.9. The van der Waals surface area contributed by atoms with E-state index >= 15 is 0 Å². The van der Waals surface area contributed by atoms with Gasteiger partial charge in [-0.15, -0.1) is 0 Å². The molecule has 1 aliphatic heterocycles. The number of hydrogen-bond acceptors (Lipinski definition) is 4. The maximum atomic E-state index is 10.3. The fourth-order valence-corrected chi connectivity index (χ4v) is 3.02. The van der Waals surface area contributed by atoms with Crippen molar-refractivity contribution >= 4 is 12.3 Å². The topological polar surface area (TPSA) is 73.1 Å². The molecule has 0 saturated heterocycles. The molecule has 5 nitrogen and oxygen atoms in total. The van der Waals surface area contributed by atoms with Crippen LogP contribution in [0.25, 0.3) is 0 Å². The van der Waals surface area contributed by atoms with E-state index in [0.717, 1.165) is 25.9 Å². The molecule has 0 aliphatic carbocycles. The largest absolute Gasteiger partial charge is 0.481 e. The fourth-order valence-electron chi connectivity index (χ4n) is 3.02. The number of aliphatic carboxylic acids is 1. The van der Waals surface area contributed by atoms with E-state index in [-0.39, 0.29) is 6.23 Å². The molecule has 1 rings (SSSR count). The van der Waals surface area contributed by atoms with Crippen LogP contribution in [-0.2, 0) is 4.79 Å². The average Bonchev–Trinajstić information content (AvgIpc) is 3.20. The Morgan fingerprint density at radius 1 is 1.00 bits per heavy atom. The number of carboxylic acid groups (broad SMARTS) is 1. The van der Waals surface area contributed by atoms with Gasteiger partial charge >= 0.3 is 5.97 Å². The van der Waals surface area contributed by atoms with Crippen LogP contribution in [0.4, 0.5) is 0 Å². The Morgan fingerprint density at radius 3 is 1.96 bits per heavy atom. The third kappa shape index (κ3) is 19.4. The lowest BCUT2D eigenvalue weighted by Gasteiger charge is -2.16. The van der Waals surface area contributed by atoms with Gasteiger partial charge in [-0.3, -0.25) is 9.79 Å². The molecule has 1 aliphatic rings. The molecule has 0 bridgehead atoms. The summed E-state index contributed by atoms with van der Waals surface area (Å²) in [6.07, 6.45) is 22.6. The van der Waals surface area contributed by atoms with Crippen LogP contribution in [-0.4, -0.2) is 46.7 Å². The monoisotopic (exact) mass is 396 g/mol. The van der Waals surface area contributed by atoms with Crippen molar-refractivity contribution in [1.82, 2.24) is 4.90 Å². The maximum Gasteiger partial charge on any atom is 0.303 e. The van der Waals surface area contributed by atoms with E-state index in [1.54, 1.807) is 18.2 Å². The zero-order valence-corrected chi connectivity index (χ0v) is 18.3. The number of rotatable bonds is 16. The molecule has 28 heavy (non-hydrogen) atoms. The second-order valence-corrected chi connectivity index (χ2v) is 7.62. The highest BCUT2D eigenvalue weighted by Crippen LogP contribution is 2.09. The second-order valence-electron chi connectivity index (χ2n) is 7.62. The number of hydrogen-bond donors (Lipinski definition) is 2. The SMILES string of the molecule is CC(O)N1C=NCC1.CCCCCCCC/C=C\CCCCCCCC(=O)O. The van der Waals surface area contributed by atoms with Gasteiger partial charge in [-0.05, 0) is 39.0 Å². The Bertz CT molecular complexity index is 409. The van der Waals surface area contributed by atoms with Gasteiger partial charge < -0.3 is 15.1 Å². The molecule has 1 atom stereocenters. The normalized spacial score (nSPS) is 14.3. The van der Waals surface area contributed by atoms with E-state index in [2.05, 4.69) is 24.1 Å². The molecule has 0 fully saturated rings. The summed E-state index contributed by atoms with van der Waals surface area (Å²) in [5, 5.41) is 17.4. The summed E-state index contributed by atoms with van der Waals surface area (Å²) in [7, 11) is 0. The Kier molecular flexibility index (Phi) is 19.4. The van der Waals surface area contributed by atoms with Crippen molar-refractivity contribution in [1.29, 1.82) is 0 Å². The van der Waals surface area contributed by atoms with E-state index in [9.17, 15) is 4.79 Å².